The molecule has 2 aromatic carbocycles. The van der Waals surface area contributed by atoms with E-state index in [0.29, 0.717) is 10.7 Å². The van der Waals surface area contributed by atoms with E-state index < -0.39 is 15.6 Å². The van der Waals surface area contributed by atoms with Gasteiger partial charge in [0, 0.05) is 22.3 Å². The highest BCUT2D eigenvalue weighted by Gasteiger charge is 2.22. The van der Waals surface area contributed by atoms with Crippen LogP contribution in [0.25, 0.3) is 6.08 Å². The van der Waals surface area contributed by atoms with Crippen LogP contribution in [0, 0.1) is 0 Å². The van der Waals surface area contributed by atoms with Crippen LogP contribution in [0.2, 0.25) is 5.02 Å². The van der Waals surface area contributed by atoms with Gasteiger partial charge in [0.25, 0.3) is 0 Å². The third kappa shape index (κ3) is 6.29. The standard InChI is InChI=1S/C19H21ClN2O3S/c1-19(2,3)22-26(24,25)17-6-4-5-16(13-17)21-18(23)12-9-14-7-10-15(20)11-8-14/h4-13,22H,1-3H3,(H,21,23)/b12-9+. The summed E-state index contributed by atoms with van der Waals surface area (Å²) in [5, 5.41) is 3.27. The SMILES string of the molecule is CC(C)(C)NS(=O)(=O)c1cccc(NC(=O)/C=C/c2ccc(Cl)cc2)c1. The number of nitrogens with one attached hydrogen (secondary N) is 2. The van der Waals surface area contributed by atoms with Crippen LogP contribution < -0.4 is 10.0 Å². The summed E-state index contributed by atoms with van der Waals surface area (Å²) in [6, 6.07) is 13.1. The quantitative estimate of drug-likeness (QED) is 0.753. The molecule has 0 spiro atoms. The van der Waals surface area contributed by atoms with Crippen molar-refractivity contribution in [2.45, 2.75) is 31.2 Å². The van der Waals surface area contributed by atoms with Crippen molar-refractivity contribution in [1.82, 2.24) is 4.72 Å². The molecule has 0 aliphatic rings. The Labute approximate surface area is 159 Å². The molecule has 0 heterocycles. The minimum atomic E-state index is -3.67. The summed E-state index contributed by atoms with van der Waals surface area (Å²) in [5.74, 6) is -0.363. The van der Waals surface area contributed by atoms with Crippen molar-refractivity contribution in [3.8, 4) is 0 Å². The maximum atomic E-state index is 12.4. The van der Waals surface area contributed by atoms with Gasteiger partial charge in [-0.1, -0.05) is 29.8 Å². The number of sulfonamides is 1. The molecule has 0 bridgehead atoms. The van der Waals surface area contributed by atoms with E-state index in [9.17, 15) is 13.2 Å². The Kier molecular flexibility index (Phi) is 6.23. The minimum Gasteiger partial charge on any atom is -0.322 e. The van der Waals surface area contributed by atoms with Gasteiger partial charge in [-0.25, -0.2) is 13.1 Å². The van der Waals surface area contributed by atoms with Crippen LogP contribution in [-0.2, 0) is 14.8 Å². The molecule has 1 amide bonds. The highest BCUT2D eigenvalue weighted by Crippen LogP contribution is 2.18. The van der Waals surface area contributed by atoms with Crippen molar-refractivity contribution in [3.05, 3.63) is 65.2 Å². The molecule has 138 valence electrons. The Morgan fingerprint density at radius 3 is 2.35 bits per heavy atom. The Hall–Kier alpha value is -2.15. The molecule has 2 rings (SSSR count). The Morgan fingerprint density at radius 2 is 1.73 bits per heavy atom. The first-order valence-electron chi connectivity index (χ1n) is 7.94. The number of carbonyl (C=O) groups is 1. The van der Waals surface area contributed by atoms with Crippen LogP contribution in [0.5, 0.6) is 0 Å². The molecule has 0 aliphatic carbocycles. The second kappa shape index (κ2) is 8.03. The molecule has 0 saturated carbocycles. The number of anilines is 1. The number of hydrogen-bond donors (Lipinski definition) is 2. The van der Waals surface area contributed by atoms with Crippen molar-refractivity contribution in [3.63, 3.8) is 0 Å². The van der Waals surface area contributed by atoms with Crippen molar-refractivity contribution >= 4 is 39.3 Å². The lowest BCUT2D eigenvalue weighted by atomic mass is 10.1. The summed E-state index contributed by atoms with van der Waals surface area (Å²) in [4.78, 5) is 12.1. The van der Waals surface area contributed by atoms with Crippen molar-refractivity contribution in [1.29, 1.82) is 0 Å². The van der Waals surface area contributed by atoms with Crippen LogP contribution in [0.1, 0.15) is 26.3 Å². The van der Waals surface area contributed by atoms with Crippen molar-refractivity contribution < 1.29 is 13.2 Å². The lowest BCUT2D eigenvalue weighted by molar-refractivity contribution is -0.111. The molecule has 5 nitrogen and oxygen atoms in total. The molecule has 2 aromatic rings. The fourth-order valence-corrected chi connectivity index (χ4v) is 3.72. The average molecular weight is 393 g/mol. The van der Waals surface area contributed by atoms with Gasteiger partial charge in [0.05, 0.1) is 4.90 Å². The largest absolute Gasteiger partial charge is 0.322 e. The summed E-state index contributed by atoms with van der Waals surface area (Å²) in [7, 11) is -3.67. The van der Waals surface area contributed by atoms with E-state index in [1.165, 1.54) is 18.2 Å². The Morgan fingerprint density at radius 1 is 1.08 bits per heavy atom. The van der Waals surface area contributed by atoms with Gasteiger partial charge in [0.15, 0.2) is 0 Å². The van der Waals surface area contributed by atoms with E-state index in [-0.39, 0.29) is 10.8 Å². The monoisotopic (exact) mass is 392 g/mol. The fourth-order valence-electron chi connectivity index (χ4n) is 2.13. The summed E-state index contributed by atoms with van der Waals surface area (Å²) in [6.07, 6.45) is 3.02. The van der Waals surface area contributed by atoms with E-state index in [1.54, 1.807) is 63.2 Å². The maximum Gasteiger partial charge on any atom is 0.248 e. The number of amides is 1. The number of benzene rings is 2. The summed E-state index contributed by atoms with van der Waals surface area (Å²) < 4.78 is 27.3. The Balaban J connectivity index is 2.10. The van der Waals surface area contributed by atoms with Crippen LogP contribution in [-0.4, -0.2) is 19.9 Å². The summed E-state index contributed by atoms with van der Waals surface area (Å²) in [5.41, 5.74) is 0.627. The van der Waals surface area contributed by atoms with Crippen molar-refractivity contribution in [2.75, 3.05) is 5.32 Å². The van der Waals surface area contributed by atoms with Gasteiger partial charge in [0.2, 0.25) is 15.9 Å². The minimum absolute atomic E-state index is 0.0897. The molecule has 0 atom stereocenters. The lowest BCUT2D eigenvalue weighted by Crippen LogP contribution is -2.40. The highest BCUT2D eigenvalue weighted by molar-refractivity contribution is 7.89. The van der Waals surface area contributed by atoms with E-state index in [2.05, 4.69) is 10.0 Å². The van der Waals surface area contributed by atoms with Crippen LogP contribution in [0.15, 0.2) is 59.5 Å². The van der Waals surface area contributed by atoms with Gasteiger partial charge >= 0.3 is 0 Å². The van der Waals surface area contributed by atoms with E-state index >= 15 is 0 Å². The zero-order valence-corrected chi connectivity index (χ0v) is 16.4. The van der Waals surface area contributed by atoms with E-state index in [1.807, 2.05) is 0 Å². The second-order valence-electron chi connectivity index (χ2n) is 6.76. The van der Waals surface area contributed by atoms with Crippen LogP contribution in [0.4, 0.5) is 5.69 Å². The molecule has 0 saturated heterocycles. The molecule has 26 heavy (non-hydrogen) atoms. The molecule has 0 fully saturated rings. The molecular weight excluding hydrogens is 372 g/mol. The molecule has 7 heteroatoms. The summed E-state index contributed by atoms with van der Waals surface area (Å²) in [6.45, 7) is 5.28. The van der Waals surface area contributed by atoms with Gasteiger partial charge in [-0.2, -0.15) is 0 Å². The predicted octanol–water partition coefficient (Wildman–Crippen LogP) is 4.07. The first-order chi connectivity index (χ1) is 12.0. The first-order valence-corrected chi connectivity index (χ1v) is 9.80. The first kappa shape index (κ1) is 20.2. The number of rotatable bonds is 5. The normalized spacial score (nSPS) is 12.3. The van der Waals surface area contributed by atoms with Crippen molar-refractivity contribution in [2.24, 2.45) is 0 Å². The molecule has 0 unspecified atom stereocenters. The van der Waals surface area contributed by atoms with Gasteiger partial charge < -0.3 is 5.32 Å². The fraction of sp³-hybridized carbons (Fsp3) is 0.211. The van der Waals surface area contributed by atoms with Gasteiger partial charge in [-0.15, -0.1) is 0 Å². The maximum absolute atomic E-state index is 12.4. The Bertz CT molecular complexity index is 915. The molecule has 0 aromatic heterocycles. The van der Waals surface area contributed by atoms with Gasteiger partial charge in [0.1, 0.15) is 0 Å². The van der Waals surface area contributed by atoms with Crippen LogP contribution in [0.3, 0.4) is 0 Å². The van der Waals surface area contributed by atoms with E-state index in [0.717, 1.165) is 5.56 Å². The molecule has 0 aliphatic heterocycles. The number of hydrogen-bond acceptors (Lipinski definition) is 3. The predicted molar refractivity (Wildman–Crippen MR) is 106 cm³/mol. The third-order valence-corrected chi connectivity index (χ3v) is 5.16. The molecule has 0 radical (unpaired) electrons. The summed E-state index contributed by atoms with van der Waals surface area (Å²) >= 11 is 5.82. The zero-order valence-electron chi connectivity index (χ0n) is 14.8. The zero-order chi connectivity index (χ0) is 19.4. The van der Waals surface area contributed by atoms with Gasteiger partial charge in [-0.3, -0.25) is 4.79 Å². The smallest absolute Gasteiger partial charge is 0.248 e. The van der Waals surface area contributed by atoms with Crippen LogP contribution >= 0.6 is 11.6 Å². The topological polar surface area (TPSA) is 75.3 Å². The lowest BCUT2D eigenvalue weighted by Gasteiger charge is -2.20. The van der Waals surface area contributed by atoms with E-state index in [4.69, 9.17) is 11.6 Å². The second-order valence-corrected chi connectivity index (χ2v) is 8.88. The third-order valence-electron chi connectivity index (χ3n) is 3.15. The number of halogens is 1. The average Bonchev–Trinajstić information content (AvgIpc) is 2.52. The molecule has 2 N–H and O–H groups in total. The molecular formula is C19H21ClN2O3S. The number of carbonyl (C=O) groups excluding carboxylic acids is 1. The highest BCUT2D eigenvalue weighted by atomic mass is 35.5. The van der Waals surface area contributed by atoms with Gasteiger partial charge in [-0.05, 0) is 62.7 Å².